The SMILES string of the molecule is Cc1ccnc(SC(C)C(=O)Nc2ccccc2)n1. The van der Waals surface area contributed by atoms with Crippen LogP contribution in [0.5, 0.6) is 0 Å². The number of hydrogen-bond acceptors (Lipinski definition) is 4. The molecule has 1 aromatic heterocycles. The van der Waals surface area contributed by atoms with Crippen molar-refractivity contribution >= 4 is 23.4 Å². The van der Waals surface area contributed by atoms with Crippen LogP contribution >= 0.6 is 11.8 Å². The van der Waals surface area contributed by atoms with E-state index in [1.807, 2.05) is 50.2 Å². The molecule has 2 rings (SSSR count). The summed E-state index contributed by atoms with van der Waals surface area (Å²) in [5.41, 5.74) is 1.69. The average molecular weight is 273 g/mol. The van der Waals surface area contributed by atoms with Crippen molar-refractivity contribution in [1.29, 1.82) is 0 Å². The van der Waals surface area contributed by atoms with Gasteiger partial charge in [-0.3, -0.25) is 4.79 Å². The first-order chi connectivity index (χ1) is 9.15. The molecule has 0 fully saturated rings. The molecule has 5 heteroatoms. The van der Waals surface area contributed by atoms with Crippen LogP contribution in [0.1, 0.15) is 12.6 Å². The monoisotopic (exact) mass is 273 g/mol. The topological polar surface area (TPSA) is 54.9 Å². The summed E-state index contributed by atoms with van der Waals surface area (Å²) < 4.78 is 0. The van der Waals surface area contributed by atoms with Crippen LogP contribution in [-0.4, -0.2) is 21.1 Å². The average Bonchev–Trinajstić information content (AvgIpc) is 2.40. The van der Waals surface area contributed by atoms with Crippen LogP contribution in [-0.2, 0) is 4.79 Å². The highest BCUT2D eigenvalue weighted by atomic mass is 32.2. The molecule has 1 atom stereocenters. The standard InChI is InChI=1S/C14H15N3OS/c1-10-8-9-15-14(16-10)19-11(2)13(18)17-12-6-4-3-5-7-12/h3-9,11H,1-2H3,(H,17,18). The van der Waals surface area contributed by atoms with Gasteiger partial charge in [-0.15, -0.1) is 0 Å². The van der Waals surface area contributed by atoms with E-state index in [0.717, 1.165) is 11.4 Å². The highest BCUT2D eigenvalue weighted by molar-refractivity contribution is 8.00. The molecular weight excluding hydrogens is 258 g/mol. The fraction of sp³-hybridized carbons (Fsp3) is 0.214. The summed E-state index contributed by atoms with van der Waals surface area (Å²) in [6.45, 7) is 3.75. The van der Waals surface area contributed by atoms with E-state index in [0.29, 0.717) is 5.16 Å². The van der Waals surface area contributed by atoms with Crippen LogP contribution in [0.4, 0.5) is 5.69 Å². The number of anilines is 1. The van der Waals surface area contributed by atoms with Gasteiger partial charge < -0.3 is 5.32 Å². The zero-order valence-corrected chi connectivity index (χ0v) is 11.6. The molecule has 0 spiro atoms. The van der Waals surface area contributed by atoms with E-state index >= 15 is 0 Å². The predicted molar refractivity (Wildman–Crippen MR) is 77.2 cm³/mol. The van der Waals surface area contributed by atoms with Crippen LogP contribution < -0.4 is 5.32 Å². The Labute approximate surface area is 116 Å². The summed E-state index contributed by atoms with van der Waals surface area (Å²) in [6.07, 6.45) is 1.70. The van der Waals surface area contributed by atoms with E-state index < -0.39 is 0 Å². The lowest BCUT2D eigenvalue weighted by Gasteiger charge is -2.11. The van der Waals surface area contributed by atoms with Gasteiger partial charge >= 0.3 is 0 Å². The first-order valence-electron chi connectivity index (χ1n) is 5.97. The maximum absolute atomic E-state index is 12.0. The fourth-order valence-electron chi connectivity index (χ4n) is 1.46. The van der Waals surface area contributed by atoms with E-state index in [4.69, 9.17) is 0 Å². The number of benzene rings is 1. The molecule has 0 saturated heterocycles. The molecule has 0 radical (unpaired) electrons. The molecule has 0 aliphatic carbocycles. The van der Waals surface area contributed by atoms with Crippen LogP contribution in [0.2, 0.25) is 0 Å². The van der Waals surface area contributed by atoms with Gasteiger partial charge in [-0.2, -0.15) is 0 Å². The van der Waals surface area contributed by atoms with E-state index in [1.54, 1.807) is 6.20 Å². The zero-order valence-electron chi connectivity index (χ0n) is 10.8. The fourth-order valence-corrected chi connectivity index (χ4v) is 2.26. The third-order valence-corrected chi connectivity index (χ3v) is 3.44. The number of amides is 1. The Balaban J connectivity index is 1.96. The second-order valence-electron chi connectivity index (χ2n) is 4.10. The summed E-state index contributed by atoms with van der Waals surface area (Å²) in [4.78, 5) is 20.4. The third-order valence-electron chi connectivity index (χ3n) is 2.47. The molecule has 1 aromatic carbocycles. The Hall–Kier alpha value is -1.88. The van der Waals surface area contributed by atoms with E-state index in [2.05, 4.69) is 15.3 Å². The molecule has 2 aromatic rings. The number of aromatic nitrogens is 2. The second kappa shape index (κ2) is 6.33. The summed E-state index contributed by atoms with van der Waals surface area (Å²) in [5.74, 6) is -0.0543. The number of rotatable bonds is 4. The van der Waals surface area contributed by atoms with Gasteiger partial charge in [0.1, 0.15) is 0 Å². The molecule has 1 unspecified atom stereocenters. The maximum Gasteiger partial charge on any atom is 0.237 e. The van der Waals surface area contributed by atoms with Crippen molar-refractivity contribution in [3.8, 4) is 0 Å². The lowest BCUT2D eigenvalue weighted by Crippen LogP contribution is -2.22. The van der Waals surface area contributed by atoms with Gasteiger partial charge in [0.15, 0.2) is 5.16 Å². The number of aryl methyl sites for hydroxylation is 1. The molecule has 4 nitrogen and oxygen atoms in total. The van der Waals surface area contributed by atoms with Gasteiger partial charge in [0.05, 0.1) is 5.25 Å². The van der Waals surface area contributed by atoms with Gasteiger partial charge in [-0.05, 0) is 32.0 Å². The first-order valence-corrected chi connectivity index (χ1v) is 6.85. The minimum Gasteiger partial charge on any atom is -0.325 e. The molecule has 1 N–H and O–H groups in total. The highest BCUT2D eigenvalue weighted by Gasteiger charge is 2.15. The molecule has 1 heterocycles. The summed E-state index contributed by atoms with van der Waals surface area (Å²) in [5, 5.41) is 3.23. The van der Waals surface area contributed by atoms with Gasteiger partial charge in [-0.25, -0.2) is 9.97 Å². The van der Waals surface area contributed by atoms with E-state index in [9.17, 15) is 4.79 Å². The molecule has 0 saturated carbocycles. The molecular formula is C14H15N3OS. The minimum absolute atomic E-state index is 0.0543. The van der Waals surface area contributed by atoms with Gasteiger partial charge in [0.25, 0.3) is 0 Å². The van der Waals surface area contributed by atoms with Crippen LogP contribution in [0.3, 0.4) is 0 Å². The van der Waals surface area contributed by atoms with Crippen LogP contribution in [0, 0.1) is 6.92 Å². The predicted octanol–water partition coefficient (Wildman–Crippen LogP) is 2.90. The minimum atomic E-state index is -0.248. The summed E-state index contributed by atoms with van der Waals surface area (Å²) in [7, 11) is 0. The number of nitrogens with one attached hydrogen (secondary N) is 1. The quantitative estimate of drug-likeness (QED) is 0.687. The van der Waals surface area contributed by atoms with Crippen molar-refractivity contribution < 1.29 is 4.79 Å². The molecule has 1 amide bonds. The number of para-hydroxylation sites is 1. The van der Waals surface area contributed by atoms with Crippen molar-refractivity contribution in [1.82, 2.24) is 9.97 Å². The van der Waals surface area contributed by atoms with Crippen molar-refractivity contribution in [3.05, 3.63) is 48.3 Å². The molecule has 0 aliphatic heterocycles. The number of hydrogen-bond donors (Lipinski definition) is 1. The van der Waals surface area contributed by atoms with E-state index in [-0.39, 0.29) is 11.2 Å². The molecule has 98 valence electrons. The van der Waals surface area contributed by atoms with Crippen LogP contribution in [0.15, 0.2) is 47.8 Å². The Morgan fingerprint density at radius 1 is 1.26 bits per heavy atom. The van der Waals surface area contributed by atoms with Crippen molar-refractivity contribution in [2.75, 3.05) is 5.32 Å². The van der Waals surface area contributed by atoms with Gasteiger partial charge in [-0.1, -0.05) is 30.0 Å². The number of carbonyl (C=O) groups excluding carboxylic acids is 1. The van der Waals surface area contributed by atoms with E-state index in [1.165, 1.54) is 11.8 Å². The number of nitrogens with zero attached hydrogens (tertiary/aromatic N) is 2. The summed E-state index contributed by atoms with van der Waals surface area (Å²) in [6, 6.07) is 11.2. The Morgan fingerprint density at radius 3 is 2.68 bits per heavy atom. The smallest absolute Gasteiger partial charge is 0.237 e. The largest absolute Gasteiger partial charge is 0.325 e. The number of thioether (sulfide) groups is 1. The van der Waals surface area contributed by atoms with Crippen LogP contribution in [0.25, 0.3) is 0 Å². The normalized spacial score (nSPS) is 11.9. The van der Waals surface area contributed by atoms with Gasteiger partial charge in [0.2, 0.25) is 5.91 Å². The second-order valence-corrected chi connectivity index (χ2v) is 5.40. The lowest BCUT2D eigenvalue weighted by atomic mass is 10.3. The van der Waals surface area contributed by atoms with Crippen molar-refractivity contribution in [2.45, 2.75) is 24.3 Å². The molecule has 0 aliphatic rings. The summed E-state index contributed by atoms with van der Waals surface area (Å²) >= 11 is 1.35. The maximum atomic E-state index is 12.0. The Morgan fingerprint density at radius 2 is 2.00 bits per heavy atom. The zero-order chi connectivity index (χ0) is 13.7. The van der Waals surface area contributed by atoms with Gasteiger partial charge in [0, 0.05) is 17.6 Å². The highest BCUT2D eigenvalue weighted by Crippen LogP contribution is 2.20. The Kier molecular flexibility index (Phi) is 4.52. The number of carbonyl (C=O) groups is 1. The third kappa shape index (κ3) is 4.06. The lowest BCUT2D eigenvalue weighted by molar-refractivity contribution is -0.115. The molecule has 19 heavy (non-hydrogen) atoms. The first kappa shape index (κ1) is 13.5. The molecule has 0 bridgehead atoms. The Bertz CT molecular complexity index is 560. The van der Waals surface area contributed by atoms with Crippen molar-refractivity contribution in [3.63, 3.8) is 0 Å². The van der Waals surface area contributed by atoms with Crippen molar-refractivity contribution in [2.24, 2.45) is 0 Å².